The fourth-order valence-electron chi connectivity index (χ4n) is 1.49. The first-order valence-corrected chi connectivity index (χ1v) is 8.05. The summed E-state index contributed by atoms with van der Waals surface area (Å²) in [5.74, 6) is 0.983. The lowest BCUT2D eigenvalue weighted by Crippen LogP contribution is -2.27. The number of halogens is 1. The second-order valence-corrected chi connectivity index (χ2v) is 7.37. The molecule has 0 aliphatic carbocycles. The molecule has 4 nitrogen and oxygen atoms in total. The second-order valence-electron chi connectivity index (χ2n) is 4.06. The molecule has 0 aromatic carbocycles. The maximum Gasteiger partial charge on any atom is 0.152 e. The van der Waals surface area contributed by atoms with E-state index in [0.29, 0.717) is 5.82 Å². The predicted molar refractivity (Wildman–Crippen MR) is 74.1 cm³/mol. The Kier molecular flexibility index (Phi) is 4.94. The van der Waals surface area contributed by atoms with Crippen LogP contribution in [0.3, 0.4) is 0 Å². The van der Waals surface area contributed by atoms with Crippen molar-refractivity contribution >= 4 is 31.6 Å². The molecule has 96 valence electrons. The van der Waals surface area contributed by atoms with Crippen molar-refractivity contribution in [2.45, 2.75) is 26.8 Å². The van der Waals surface area contributed by atoms with E-state index in [0.717, 1.165) is 10.2 Å². The van der Waals surface area contributed by atoms with Gasteiger partial charge in [0.05, 0.1) is 5.75 Å². The van der Waals surface area contributed by atoms with Crippen molar-refractivity contribution in [3.8, 4) is 0 Å². The highest BCUT2D eigenvalue weighted by molar-refractivity contribution is 9.10. The Balaban J connectivity index is 2.71. The summed E-state index contributed by atoms with van der Waals surface area (Å²) in [5, 5.41) is 3.09. The molecule has 0 radical (unpaired) electrons. The van der Waals surface area contributed by atoms with Gasteiger partial charge < -0.3 is 5.32 Å². The maximum absolute atomic E-state index is 11.5. The summed E-state index contributed by atoms with van der Waals surface area (Å²) in [6.45, 7) is 5.39. The lowest BCUT2D eigenvalue weighted by molar-refractivity contribution is 0.593. The smallest absolute Gasteiger partial charge is 0.152 e. The summed E-state index contributed by atoms with van der Waals surface area (Å²) in [4.78, 5) is 4.29. The molecule has 0 saturated heterocycles. The van der Waals surface area contributed by atoms with Crippen molar-refractivity contribution < 1.29 is 8.42 Å². The number of aromatic nitrogens is 1. The second kappa shape index (κ2) is 5.82. The quantitative estimate of drug-likeness (QED) is 0.905. The van der Waals surface area contributed by atoms with Crippen LogP contribution >= 0.6 is 15.9 Å². The number of sulfone groups is 1. The van der Waals surface area contributed by atoms with Crippen molar-refractivity contribution in [1.82, 2.24) is 4.98 Å². The summed E-state index contributed by atoms with van der Waals surface area (Å²) in [6, 6.07) is 3.59. The number of anilines is 1. The van der Waals surface area contributed by atoms with Crippen LogP contribution in [-0.2, 0) is 9.84 Å². The Hall–Kier alpha value is -0.620. The first-order valence-electron chi connectivity index (χ1n) is 5.43. The van der Waals surface area contributed by atoms with Crippen LogP contribution in [0.5, 0.6) is 0 Å². The Morgan fingerprint density at radius 2 is 2.12 bits per heavy atom. The molecule has 0 aliphatic heterocycles. The highest BCUT2D eigenvalue weighted by Gasteiger charge is 2.14. The van der Waals surface area contributed by atoms with Gasteiger partial charge in [-0.15, -0.1) is 0 Å². The zero-order valence-corrected chi connectivity index (χ0v) is 12.6. The normalized spacial score (nSPS) is 13.4. The van der Waals surface area contributed by atoms with Gasteiger partial charge in [0.25, 0.3) is 0 Å². The molecule has 1 N–H and O–H groups in total. The van der Waals surface area contributed by atoms with Gasteiger partial charge in [-0.25, -0.2) is 13.4 Å². The first kappa shape index (κ1) is 14.4. The number of hydrogen-bond donors (Lipinski definition) is 1. The summed E-state index contributed by atoms with van der Waals surface area (Å²) >= 11 is 3.38. The average molecular weight is 321 g/mol. The van der Waals surface area contributed by atoms with E-state index in [1.807, 2.05) is 26.0 Å². The van der Waals surface area contributed by atoms with Crippen LogP contribution in [0.25, 0.3) is 0 Å². The van der Waals surface area contributed by atoms with Gasteiger partial charge in [-0.2, -0.15) is 0 Å². The molecule has 1 aromatic heterocycles. The topological polar surface area (TPSA) is 59.1 Å². The van der Waals surface area contributed by atoms with Crippen LogP contribution in [0.4, 0.5) is 5.82 Å². The minimum Gasteiger partial charge on any atom is -0.367 e. The Bertz CT molecular complexity index is 468. The van der Waals surface area contributed by atoms with E-state index in [-0.39, 0.29) is 17.5 Å². The van der Waals surface area contributed by atoms with Crippen LogP contribution in [-0.4, -0.2) is 30.9 Å². The monoisotopic (exact) mass is 320 g/mol. The Morgan fingerprint density at radius 3 is 2.65 bits per heavy atom. The average Bonchev–Trinajstić information content (AvgIpc) is 2.14. The number of rotatable bonds is 5. The van der Waals surface area contributed by atoms with E-state index >= 15 is 0 Å². The van der Waals surface area contributed by atoms with E-state index in [1.54, 1.807) is 6.92 Å². The van der Waals surface area contributed by atoms with E-state index in [1.165, 1.54) is 0 Å². The van der Waals surface area contributed by atoms with Crippen LogP contribution in [0.1, 0.15) is 19.5 Å². The number of nitrogens with one attached hydrogen (secondary N) is 1. The van der Waals surface area contributed by atoms with Crippen LogP contribution in [0.15, 0.2) is 16.6 Å². The molecule has 0 fully saturated rings. The molecule has 1 heterocycles. The van der Waals surface area contributed by atoms with Gasteiger partial charge in [0.2, 0.25) is 0 Å². The van der Waals surface area contributed by atoms with Gasteiger partial charge in [0.1, 0.15) is 5.82 Å². The molecule has 1 rings (SSSR count). The lowest BCUT2D eigenvalue weighted by atomic mass is 10.3. The third kappa shape index (κ3) is 5.04. The zero-order chi connectivity index (χ0) is 13.1. The van der Waals surface area contributed by atoms with E-state index < -0.39 is 9.84 Å². The summed E-state index contributed by atoms with van der Waals surface area (Å²) in [6.07, 6.45) is 0. The molecular weight excluding hydrogens is 304 g/mol. The van der Waals surface area contributed by atoms with Crippen molar-refractivity contribution in [3.05, 3.63) is 22.3 Å². The predicted octanol–water partition coefficient (Wildman–Crippen LogP) is 2.39. The summed E-state index contributed by atoms with van der Waals surface area (Å²) in [7, 11) is -2.96. The van der Waals surface area contributed by atoms with Crippen molar-refractivity contribution in [2.24, 2.45) is 0 Å². The van der Waals surface area contributed by atoms with Gasteiger partial charge in [0, 0.05) is 22.0 Å². The Morgan fingerprint density at radius 1 is 1.47 bits per heavy atom. The first-order chi connectivity index (χ1) is 7.82. The van der Waals surface area contributed by atoms with Crippen molar-refractivity contribution in [2.75, 3.05) is 16.8 Å². The van der Waals surface area contributed by atoms with E-state index in [4.69, 9.17) is 0 Å². The third-order valence-corrected chi connectivity index (χ3v) is 4.60. The molecule has 1 atom stereocenters. The molecule has 17 heavy (non-hydrogen) atoms. The molecule has 0 amide bonds. The van der Waals surface area contributed by atoms with Crippen LogP contribution in [0.2, 0.25) is 0 Å². The molecule has 0 saturated carbocycles. The third-order valence-electron chi connectivity index (χ3n) is 2.26. The van der Waals surface area contributed by atoms with Gasteiger partial charge >= 0.3 is 0 Å². The number of aryl methyl sites for hydroxylation is 1. The van der Waals surface area contributed by atoms with Gasteiger partial charge in [-0.1, -0.05) is 22.9 Å². The van der Waals surface area contributed by atoms with Crippen molar-refractivity contribution in [1.29, 1.82) is 0 Å². The fourth-order valence-corrected chi connectivity index (χ4v) is 3.12. The van der Waals surface area contributed by atoms with E-state index in [9.17, 15) is 8.42 Å². The number of pyridine rings is 1. The Labute approximate surface area is 111 Å². The van der Waals surface area contributed by atoms with Gasteiger partial charge in [0.15, 0.2) is 9.84 Å². The van der Waals surface area contributed by atoms with Gasteiger partial charge in [-0.05, 0) is 26.0 Å². The molecule has 1 unspecified atom stereocenters. The molecule has 0 spiro atoms. The standard InChI is InChI=1S/C11H17BrN2O2S/c1-4-17(15,16)7-9(3)14-11-6-10(12)5-8(2)13-11/h5-6,9H,4,7H2,1-3H3,(H,13,14). The minimum atomic E-state index is -2.96. The summed E-state index contributed by atoms with van der Waals surface area (Å²) in [5.41, 5.74) is 0.882. The minimum absolute atomic E-state index is 0.122. The molecule has 0 bridgehead atoms. The molecule has 0 aliphatic rings. The number of nitrogens with zero attached hydrogens (tertiary/aromatic N) is 1. The summed E-state index contributed by atoms with van der Waals surface area (Å²) < 4.78 is 23.9. The van der Waals surface area contributed by atoms with Gasteiger partial charge in [-0.3, -0.25) is 0 Å². The fraction of sp³-hybridized carbons (Fsp3) is 0.545. The maximum atomic E-state index is 11.5. The van der Waals surface area contributed by atoms with E-state index in [2.05, 4.69) is 26.2 Å². The van der Waals surface area contributed by atoms with Crippen molar-refractivity contribution in [3.63, 3.8) is 0 Å². The largest absolute Gasteiger partial charge is 0.367 e. The zero-order valence-electron chi connectivity index (χ0n) is 10.2. The number of hydrogen-bond acceptors (Lipinski definition) is 4. The highest BCUT2D eigenvalue weighted by Crippen LogP contribution is 2.16. The van der Waals surface area contributed by atoms with Crippen LogP contribution in [0, 0.1) is 6.92 Å². The molecule has 6 heteroatoms. The molecular formula is C11H17BrN2O2S. The lowest BCUT2D eigenvalue weighted by Gasteiger charge is -2.14. The van der Waals surface area contributed by atoms with Crippen LogP contribution < -0.4 is 5.32 Å². The highest BCUT2D eigenvalue weighted by atomic mass is 79.9. The SMILES string of the molecule is CCS(=O)(=O)CC(C)Nc1cc(Br)cc(C)n1. The molecule has 1 aromatic rings.